The number of ether oxygens (including phenoxy) is 1. The molecule has 1 atom stereocenters. The normalized spacial score (nSPS) is 17.0. The lowest BCUT2D eigenvalue weighted by atomic mass is 10.0. The molecule has 2 heterocycles. The molecule has 2 aromatic rings. The first-order valence-electron chi connectivity index (χ1n) is 7.48. The van der Waals surface area contributed by atoms with Crippen LogP contribution in [-0.2, 0) is 21.2 Å². The van der Waals surface area contributed by atoms with Gasteiger partial charge < -0.3 is 10.1 Å². The Labute approximate surface area is 161 Å². The van der Waals surface area contributed by atoms with E-state index in [9.17, 15) is 8.42 Å². The zero-order valence-corrected chi connectivity index (χ0v) is 16.8. The van der Waals surface area contributed by atoms with E-state index in [-0.39, 0.29) is 10.3 Å². The quantitative estimate of drug-likeness (QED) is 0.586. The second-order valence-corrected chi connectivity index (χ2v) is 9.53. The Bertz CT molecular complexity index is 937. The van der Waals surface area contributed by atoms with E-state index in [2.05, 4.69) is 10.0 Å². The van der Waals surface area contributed by atoms with Crippen LogP contribution in [0.5, 0.6) is 0 Å². The van der Waals surface area contributed by atoms with Crippen LogP contribution in [0.25, 0.3) is 0 Å². The summed E-state index contributed by atoms with van der Waals surface area (Å²) in [5, 5.41) is 5.06. The third-order valence-corrected chi connectivity index (χ3v) is 6.86. The molecule has 0 fully saturated rings. The van der Waals surface area contributed by atoms with E-state index >= 15 is 0 Å². The summed E-state index contributed by atoms with van der Waals surface area (Å²) < 4.78 is 33.6. The summed E-state index contributed by atoms with van der Waals surface area (Å²) in [6.45, 7) is 3.67. The molecule has 0 saturated carbocycles. The van der Waals surface area contributed by atoms with Crippen molar-refractivity contribution in [2.75, 3.05) is 10.0 Å². The lowest BCUT2D eigenvalue weighted by molar-refractivity contribution is 0.217. The van der Waals surface area contributed by atoms with Crippen LogP contribution in [0.15, 0.2) is 33.9 Å². The molecule has 0 spiro atoms. The second kappa shape index (κ2) is 6.99. The third kappa shape index (κ3) is 4.00. The molecule has 1 aromatic carbocycles. The summed E-state index contributed by atoms with van der Waals surface area (Å²) >= 11 is 11.6. The van der Waals surface area contributed by atoms with Gasteiger partial charge in [0.05, 0.1) is 5.69 Å². The zero-order chi connectivity index (χ0) is 18.2. The van der Waals surface area contributed by atoms with Crippen LogP contribution in [0.4, 0.5) is 11.4 Å². The number of nitrogens with one attached hydrogen (secondary N) is 2. The number of fused-ring (bicyclic) bond motifs is 1. The number of anilines is 2. The van der Waals surface area contributed by atoms with Crippen LogP contribution >= 0.6 is 35.8 Å². The monoisotopic (exact) mass is 412 g/mol. The highest BCUT2D eigenvalue weighted by Crippen LogP contribution is 2.31. The van der Waals surface area contributed by atoms with E-state index in [0.717, 1.165) is 22.6 Å². The van der Waals surface area contributed by atoms with Crippen molar-refractivity contribution < 1.29 is 13.2 Å². The number of hydrogen-bond acceptors (Lipinski definition) is 6. The standard InChI is InChI=1S/C16H16N2O3S4/c1-9-6-11-7-14(18-25(19,20)15-4-3-5-24-15)12(10(2)22)8-13(11)17-16(23)21-9/h3-5,7-9,18H,6H2,1-2H3,(H,17,23). The van der Waals surface area contributed by atoms with Crippen LogP contribution in [0.3, 0.4) is 0 Å². The predicted molar refractivity (Wildman–Crippen MR) is 109 cm³/mol. The van der Waals surface area contributed by atoms with Gasteiger partial charge in [0.15, 0.2) is 0 Å². The van der Waals surface area contributed by atoms with Crippen molar-refractivity contribution in [3.8, 4) is 0 Å². The van der Waals surface area contributed by atoms with Crippen molar-refractivity contribution >= 4 is 67.2 Å². The molecule has 0 radical (unpaired) electrons. The van der Waals surface area contributed by atoms with Gasteiger partial charge in [-0.3, -0.25) is 4.72 Å². The third-order valence-electron chi connectivity index (χ3n) is 3.68. The maximum absolute atomic E-state index is 12.6. The van der Waals surface area contributed by atoms with Gasteiger partial charge >= 0.3 is 0 Å². The average molecular weight is 413 g/mol. The van der Waals surface area contributed by atoms with E-state index in [4.69, 9.17) is 29.2 Å². The Balaban J connectivity index is 2.07. The van der Waals surface area contributed by atoms with Gasteiger partial charge in [-0.2, -0.15) is 0 Å². The Kier molecular flexibility index (Phi) is 5.10. The first kappa shape index (κ1) is 18.2. The molecule has 3 rings (SSSR count). The summed E-state index contributed by atoms with van der Waals surface area (Å²) in [5.41, 5.74) is 2.80. The van der Waals surface area contributed by atoms with E-state index in [1.54, 1.807) is 30.5 Å². The molecule has 1 unspecified atom stereocenters. The minimum Gasteiger partial charge on any atom is -0.467 e. The maximum atomic E-state index is 12.6. The number of rotatable bonds is 4. The number of sulfonamides is 1. The number of benzene rings is 1. The molecular weight excluding hydrogens is 396 g/mol. The van der Waals surface area contributed by atoms with Crippen molar-refractivity contribution in [1.29, 1.82) is 0 Å². The fourth-order valence-electron chi connectivity index (χ4n) is 2.59. The first-order chi connectivity index (χ1) is 11.8. The molecule has 0 saturated heterocycles. The van der Waals surface area contributed by atoms with Crippen LogP contribution in [0.1, 0.15) is 25.0 Å². The Morgan fingerprint density at radius 3 is 2.84 bits per heavy atom. The van der Waals surface area contributed by atoms with Gasteiger partial charge in [0.2, 0.25) is 0 Å². The molecule has 1 aliphatic rings. The maximum Gasteiger partial charge on any atom is 0.271 e. The highest BCUT2D eigenvalue weighted by Gasteiger charge is 2.22. The van der Waals surface area contributed by atoms with Crippen molar-refractivity contribution in [3.63, 3.8) is 0 Å². The van der Waals surface area contributed by atoms with Crippen molar-refractivity contribution in [2.24, 2.45) is 0 Å². The molecule has 2 N–H and O–H groups in total. The van der Waals surface area contributed by atoms with Crippen LogP contribution in [0, 0.1) is 0 Å². The SMILES string of the molecule is CC(=S)c1cc2c(cc1NS(=O)(=O)c1cccs1)CC(C)OC(=S)N2. The second-order valence-electron chi connectivity index (χ2n) is 5.69. The van der Waals surface area contributed by atoms with E-state index in [1.807, 2.05) is 13.0 Å². The molecule has 0 aliphatic carbocycles. The molecule has 0 bridgehead atoms. The number of thiocarbonyl (C=S) groups is 2. The number of hydrogen-bond donors (Lipinski definition) is 2. The lowest BCUT2D eigenvalue weighted by Crippen LogP contribution is -2.17. The van der Waals surface area contributed by atoms with Crippen LogP contribution in [0.2, 0.25) is 0 Å². The molecule has 1 aromatic heterocycles. The highest BCUT2D eigenvalue weighted by molar-refractivity contribution is 7.94. The fraction of sp³-hybridized carbons (Fsp3) is 0.250. The molecule has 9 heteroatoms. The predicted octanol–water partition coefficient (Wildman–Crippen LogP) is 3.94. The summed E-state index contributed by atoms with van der Waals surface area (Å²) in [7, 11) is -3.65. The van der Waals surface area contributed by atoms with Crippen LogP contribution < -0.4 is 10.0 Å². The minimum atomic E-state index is -3.65. The molecule has 1 aliphatic heterocycles. The Morgan fingerprint density at radius 2 is 2.20 bits per heavy atom. The van der Waals surface area contributed by atoms with Crippen LogP contribution in [-0.4, -0.2) is 24.6 Å². The first-order valence-corrected chi connectivity index (χ1v) is 10.7. The summed E-state index contributed by atoms with van der Waals surface area (Å²) in [5.74, 6) is 0. The molecular formula is C16H16N2O3S4. The van der Waals surface area contributed by atoms with E-state index in [0.29, 0.717) is 27.7 Å². The smallest absolute Gasteiger partial charge is 0.271 e. The topological polar surface area (TPSA) is 67.4 Å². The highest BCUT2D eigenvalue weighted by atomic mass is 32.2. The van der Waals surface area contributed by atoms with Gasteiger partial charge in [0.25, 0.3) is 15.2 Å². The van der Waals surface area contributed by atoms with Gasteiger partial charge in [0, 0.05) is 22.5 Å². The number of thiophene rings is 1. The molecule has 132 valence electrons. The molecule has 5 nitrogen and oxygen atoms in total. The van der Waals surface area contributed by atoms with E-state index in [1.165, 1.54) is 0 Å². The van der Waals surface area contributed by atoms with Gasteiger partial charge in [-0.1, -0.05) is 18.3 Å². The van der Waals surface area contributed by atoms with Crippen molar-refractivity contribution in [3.05, 3.63) is 40.8 Å². The van der Waals surface area contributed by atoms with Gasteiger partial charge in [-0.25, -0.2) is 8.42 Å². The summed E-state index contributed by atoms with van der Waals surface area (Å²) in [6.07, 6.45) is 0.495. The summed E-state index contributed by atoms with van der Waals surface area (Å²) in [4.78, 5) is 0.581. The van der Waals surface area contributed by atoms with Crippen molar-refractivity contribution in [1.82, 2.24) is 0 Å². The van der Waals surface area contributed by atoms with E-state index < -0.39 is 10.0 Å². The lowest BCUT2D eigenvalue weighted by Gasteiger charge is -2.16. The fourth-order valence-corrected chi connectivity index (χ4v) is 5.10. The zero-order valence-electron chi connectivity index (χ0n) is 13.5. The largest absolute Gasteiger partial charge is 0.467 e. The van der Waals surface area contributed by atoms with Gasteiger partial charge in [-0.15, -0.1) is 11.3 Å². The average Bonchev–Trinajstić information content (AvgIpc) is 2.99. The molecule has 25 heavy (non-hydrogen) atoms. The summed E-state index contributed by atoms with van der Waals surface area (Å²) in [6, 6.07) is 6.88. The Morgan fingerprint density at radius 1 is 1.44 bits per heavy atom. The molecule has 0 amide bonds. The minimum absolute atomic E-state index is 0.109. The Hall–Kier alpha value is -1.55. The van der Waals surface area contributed by atoms with Gasteiger partial charge in [-0.05, 0) is 55.2 Å². The van der Waals surface area contributed by atoms with Crippen molar-refractivity contribution in [2.45, 2.75) is 30.6 Å². The van der Waals surface area contributed by atoms with Gasteiger partial charge in [0.1, 0.15) is 10.3 Å².